The van der Waals surface area contributed by atoms with Crippen LogP contribution in [0.3, 0.4) is 0 Å². The summed E-state index contributed by atoms with van der Waals surface area (Å²) in [5.74, 6) is 2.14. The van der Waals surface area contributed by atoms with Gasteiger partial charge in [-0.15, -0.1) is 6.42 Å². The van der Waals surface area contributed by atoms with E-state index < -0.39 is 20.5 Å². The van der Waals surface area contributed by atoms with E-state index >= 15 is 0 Å². The SMILES string of the molecule is C#CC(CC)OC(=O)O[PH](=O)[O-].[Li+]. The van der Waals surface area contributed by atoms with Crippen molar-refractivity contribution in [1.82, 2.24) is 0 Å². The number of hydrogen-bond donors (Lipinski definition) is 0. The van der Waals surface area contributed by atoms with Crippen LogP contribution in [0.1, 0.15) is 13.3 Å². The normalized spacial score (nSPS) is 13.0. The Hall–Kier alpha value is -0.383. The number of carbonyl (C=O) groups excluding carboxylic acids is 1. The smallest absolute Gasteiger partial charge is 0.771 e. The van der Waals surface area contributed by atoms with Crippen LogP contribution in [0.15, 0.2) is 0 Å². The summed E-state index contributed by atoms with van der Waals surface area (Å²) in [6.07, 6.45) is 3.32. The van der Waals surface area contributed by atoms with Crippen molar-refractivity contribution >= 4 is 14.4 Å². The zero-order valence-corrected chi connectivity index (χ0v) is 8.40. The first kappa shape index (κ1) is 15.1. The van der Waals surface area contributed by atoms with Crippen molar-refractivity contribution in [1.29, 1.82) is 0 Å². The molecule has 0 radical (unpaired) electrons. The molecule has 68 valence electrons. The molecule has 0 saturated heterocycles. The van der Waals surface area contributed by atoms with Crippen LogP contribution in [0.25, 0.3) is 0 Å². The van der Waals surface area contributed by atoms with Gasteiger partial charge in [-0.05, 0) is 6.42 Å². The molecule has 0 aromatic carbocycles. The fourth-order valence-corrected chi connectivity index (χ4v) is 0.628. The first-order valence-electron chi connectivity index (χ1n) is 3.15. The summed E-state index contributed by atoms with van der Waals surface area (Å²) in [5.41, 5.74) is 0. The molecule has 0 aliphatic heterocycles. The zero-order valence-electron chi connectivity index (χ0n) is 7.40. The predicted octanol–water partition coefficient (Wildman–Crippen LogP) is -2.69. The van der Waals surface area contributed by atoms with Gasteiger partial charge >= 0.3 is 25.0 Å². The van der Waals surface area contributed by atoms with Crippen molar-refractivity contribution in [3.8, 4) is 12.3 Å². The number of carbonyl (C=O) groups is 1. The molecule has 0 bridgehead atoms. The second kappa shape index (κ2) is 8.23. The maximum atomic E-state index is 10.5. The van der Waals surface area contributed by atoms with E-state index in [1.807, 2.05) is 0 Å². The van der Waals surface area contributed by atoms with Crippen LogP contribution in [0.5, 0.6) is 0 Å². The molecule has 0 saturated carbocycles. The molecule has 0 heterocycles. The van der Waals surface area contributed by atoms with Crippen molar-refractivity contribution in [3.63, 3.8) is 0 Å². The van der Waals surface area contributed by atoms with Gasteiger partial charge in [-0.1, -0.05) is 12.8 Å². The molecule has 0 N–H and O–H groups in total. The van der Waals surface area contributed by atoms with Crippen molar-refractivity contribution < 1.29 is 42.4 Å². The fraction of sp³-hybridized carbons (Fsp3) is 0.500. The molecule has 2 atom stereocenters. The van der Waals surface area contributed by atoms with E-state index in [2.05, 4.69) is 15.2 Å². The third kappa shape index (κ3) is 7.96. The average Bonchev–Trinajstić information content (AvgIpc) is 1.98. The van der Waals surface area contributed by atoms with Crippen LogP contribution in [0.4, 0.5) is 4.79 Å². The van der Waals surface area contributed by atoms with Crippen molar-refractivity contribution in [2.24, 2.45) is 0 Å². The van der Waals surface area contributed by atoms with Gasteiger partial charge in [0.1, 0.15) is 0 Å². The number of terminal acetylenes is 1. The Morgan fingerprint density at radius 1 is 1.77 bits per heavy atom. The molecule has 0 aromatic rings. The molecule has 13 heavy (non-hydrogen) atoms. The molecule has 0 aliphatic rings. The maximum absolute atomic E-state index is 10.5. The van der Waals surface area contributed by atoms with Gasteiger partial charge in [0.2, 0.25) is 0 Å². The van der Waals surface area contributed by atoms with E-state index in [0.717, 1.165) is 0 Å². The first-order chi connectivity index (χ1) is 5.60. The minimum Gasteiger partial charge on any atom is -0.771 e. The summed E-state index contributed by atoms with van der Waals surface area (Å²) in [6, 6.07) is 0. The molecule has 5 nitrogen and oxygen atoms in total. The largest absolute Gasteiger partial charge is 1.00 e. The van der Waals surface area contributed by atoms with E-state index in [0.29, 0.717) is 6.42 Å². The maximum Gasteiger partial charge on any atom is 1.00 e. The molecule has 7 heteroatoms. The fourth-order valence-electron chi connectivity index (χ4n) is 0.443. The molecule has 0 fully saturated rings. The van der Waals surface area contributed by atoms with E-state index in [4.69, 9.17) is 6.42 Å². The van der Waals surface area contributed by atoms with E-state index in [1.54, 1.807) is 6.92 Å². The number of hydrogen-bond acceptors (Lipinski definition) is 5. The van der Waals surface area contributed by atoms with Crippen LogP contribution in [-0.4, -0.2) is 12.3 Å². The minimum atomic E-state index is -3.54. The summed E-state index contributed by atoms with van der Waals surface area (Å²) in [7, 11) is -3.54. The quantitative estimate of drug-likeness (QED) is 0.213. The molecule has 0 spiro atoms. The Balaban J connectivity index is 0. The molecular weight excluding hydrogens is 190 g/mol. The van der Waals surface area contributed by atoms with Crippen LogP contribution in [0.2, 0.25) is 0 Å². The van der Waals surface area contributed by atoms with Crippen molar-refractivity contribution in [2.75, 3.05) is 0 Å². The van der Waals surface area contributed by atoms with E-state index in [-0.39, 0.29) is 18.9 Å². The Morgan fingerprint density at radius 3 is 2.62 bits per heavy atom. The summed E-state index contributed by atoms with van der Waals surface area (Å²) in [6.45, 7) is 1.69. The third-order valence-electron chi connectivity index (χ3n) is 0.962. The Bertz CT molecular complexity index is 224. The molecule has 0 aromatic heterocycles. The monoisotopic (exact) mass is 198 g/mol. The van der Waals surface area contributed by atoms with E-state index in [9.17, 15) is 14.3 Å². The predicted molar refractivity (Wildman–Crippen MR) is 39.5 cm³/mol. The first-order valence-corrected chi connectivity index (χ1v) is 4.38. The van der Waals surface area contributed by atoms with Crippen LogP contribution in [-0.2, 0) is 13.8 Å². The van der Waals surface area contributed by atoms with Gasteiger partial charge in [0, 0.05) is 0 Å². The molecule has 0 aliphatic carbocycles. The van der Waals surface area contributed by atoms with Crippen LogP contribution >= 0.6 is 8.25 Å². The zero-order chi connectivity index (χ0) is 9.56. The Labute approximate surface area is 88.9 Å². The summed E-state index contributed by atoms with van der Waals surface area (Å²) >= 11 is 0. The van der Waals surface area contributed by atoms with Gasteiger partial charge in [0.15, 0.2) is 14.4 Å². The van der Waals surface area contributed by atoms with Gasteiger partial charge in [-0.2, -0.15) is 0 Å². The molecule has 2 unspecified atom stereocenters. The minimum absolute atomic E-state index is 0. The van der Waals surface area contributed by atoms with Crippen molar-refractivity contribution in [3.05, 3.63) is 0 Å². The van der Waals surface area contributed by atoms with Gasteiger partial charge in [0.25, 0.3) is 0 Å². The molecule has 0 rings (SSSR count). The van der Waals surface area contributed by atoms with Gasteiger partial charge in [0.05, 0.1) is 0 Å². The molecular formula is C6H8LiO5P. The van der Waals surface area contributed by atoms with Crippen molar-refractivity contribution in [2.45, 2.75) is 19.4 Å². The average molecular weight is 198 g/mol. The van der Waals surface area contributed by atoms with Gasteiger partial charge in [-0.25, -0.2) is 4.79 Å². The number of rotatable bonds is 3. The standard InChI is InChI=1S/C6H9O5P.Li/c1-3-5(4-2)10-6(7)11-12(8)9;/h1,5,12H,4H2,2H3,(H,8,9);/q;+1/p-1. The Morgan fingerprint density at radius 2 is 2.31 bits per heavy atom. The van der Waals surface area contributed by atoms with Crippen LogP contribution < -0.4 is 23.8 Å². The van der Waals surface area contributed by atoms with Gasteiger partial charge < -0.3 is 14.2 Å². The third-order valence-corrected chi connectivity index (χ3v) is 1.30. The summed E-state index contributed by atoms with van der Waals surface area (Å²) in [4.78, 5) is 20.3. The Kier molecular flexibility index (Phi) is 9.56. The summed E-state index contributed by atoms with van der Waals surface area (Å²) < 4.78 is 18.0. The summed E-state index contributed by atoms with van der Waals surface area (Å²) in [5, 5.41) is 0. The van der Waals surface area contributed by atoms with Gasteiger partial charge in [-0.3, -0.25) is 4.57 Å². The molecule has 0 amide bonds. The second-order valence-electron chi connectivity index (χ2n) is 1.78. The van der Waals surface area contributed by atoms with Crippen LogP contribution in [0, 0.1) is 12.3 Å². The van der Waals surface area contributed by atoms with E-state index in [1.165, 1.54) is 0 Å². The second-order valence-corrected chi connectivity index (χ2v) is 2.49. The topological polar surface area (TPSA) is 75.7 Å². The number of ether oxygens (including phenoxy) is 1.